The SMILES string of the molecule is COc1ccc2c(c1)C(=O)N(CS)C2. The maximum Gasteiger partial charge on any atom is 0.255 e. The highest BCUT2D eigenvalue weighted by molar-refractivity contribution is 7.80. The third-order valence-electron chi connectivity index (χ3n) is 2.37. The summed E-state index contributed by atoms with van der Waals surface area (Å²) in [6.07, 6.45) is 0. The van der Waals surface area contributed by atoms with E-state index in [2.05, 4.69) is 12.6 Å². The number of nitrogens with zero attached hydrogens (tertiary/aromatic N) is 1. The van der Waals surface area contributed by atoms with Crippen LogP contribution in [0.5, 0.6) is 5.75 Å². The Morgan fingerprint density at radius 3 is 3.00 bits per heavy atom. The summed E-state index contributed by atoms with van der Waals surface area (Å²) in [5.41, 5.74) is 1.78. The van der Waals surface area contributed by atoms with Gasteiger partial charge in [0, 0.05) is 12.1 Å². The second-order valence-corrected chi connectivity index (χ2v) is 3.45. The van der Waals surface area contributed by atoms with Gasteiger partial charge >= 0.3 is 0 Å². The van der Waals surface area contributed by atoms with Gasteiger partial charge in [-0.2, -0.15) is 12.6 Å². The van der Waals surface area contributed by atoms with Crippen LogP contribution in [0.25, 0.3) is 0 Å². The number of methoxy groups -OCH3 is 1. The zero-order valence-corrected chi connectivity index (χ0v) is 8.75. The predicted octanol–water partition coefficient (Wildman–Crippen LogP) is 1.54. The number of rotatable bonds is 2. The fourth-order valence-electron chi connectivity index (χ4n) is 1.58. The summed E-state index contributed by atoms with van der Waals surface area (Å²) in [6.45, 7) is 0.654. The van der Waals surface area contributed by atoms with Crippen molar-refractivity contribution in [3.8, 4) is 5.75 Å². The van der Waals surface area contributed by atoms with Gasteiger partial charge in [0.15, 0.2) is 0 Å². The lowest BCUT2D eigenvalue weighted by Crippen LogP contribution is -2.21. The molecule has 74 valence electrons. The Balaban J connectivity index is 2.40. The van der Waals surface area contributed by atoms with Crippen molar-refractivity contribution in [2.24, 2.45) is 0 Å². The van der Waals surface area contributed by atoms with Crippen LogP contribution in [0.4, 0.5) is 0 Å². The summed E-state index contributed by atoms with van der Waals surface area (Å²) in [5.74, 6) is 1.21. The van der Waals surface area contributed by atoms with Gasteiger partial charge in [0.2, 0.25) is 0 Å². The fourth-order valence-corrected chi connectivity index (χ4v) is 1.81. The summed E-state index contributed by atoms with van der Waals surface area (Å²) >= 11 is 4.10. The van der Waals surface area contributed by atoms with Crippen molar-refractivity contribution < 1.29 is 9.53 Å². The van der Waals surface area contributed by atoms with Gasteiger partial charge in [-0.25, -0.2) is 0 Å². The van der Waals surface area contributed by atoms with Crippen LogP contribution in [0.1, 0.15) is 15.9 Å². The van der Waals surface area contributed by atoms with E-state index in [9.17, 15) is 4.79 Å². The number of amides is 1. The molecule has 0 N–H and O–H groups in total. The third kappa shape index (κ3) is 1.35. The molecular formula is C10H11NO2S. The number of carbonyl (C=O) groups excluding carboxylic acids is 1. The first-order chi connectivity index (χ1) is 6.76. The van der Waals surface area contributed by atoms with E-state index in [1.807, 2.05) is 12.1 Å². The maximum absolute atomic E-state index is 11.7. The van der Waals surface area contributed by atoms with Crippen molar-refractivity contribution in [2.75, 3.05) is 13.0 Å². The van der Waals surface area contributed by atoms with Crippen molar-refractivity contribution >= 4 is 18.5 Å². The molecule has 2 rings (SSSR count). The maximum atomic E-state index is 11.7. The van der Waals surface area contributed by atoms with Crippen molar-refractivity contribution in [1.82, 2.24) is 4.90 Å². The lowest BCUT2D eigenvalue weighted by Gasteiger charge is -2.10. The first kappa shape index (κ1) is 9.40. The highest BCUT2D eigenvalue weighted by Gasteiger charge is 2.26. The number of hydrogen-bond acceptors (Lipinski definition) is 3. The molecule has 0 atom stereocenters. The van der Waals surface area contributed by atoms with Crippen molar-refractivity contribution in [1.29, 1.82) is 0 Å². The van der Waals surface area contributed by atoms with Gasteiger partial charge in [0.05, 0.1) is 13.0 Å². The number of benzene rings is 1. The lowest BCUT2D eigenvalue weighted by molar-refractivity contribution is 0.0808. The fraction of sp³-hybridized carbons (Fsp3) is 0.300. The molecule has 0 saturated carbocycles. The van der Waals surface area contributed by atoms with Crippen LogP contribution >= 0.6 is 12.6 Å². The molecule has 1 aromatic rings. The molecule has 0 spiro atoms. The van der Waals surface area contributed by atoms with E-state index < -0.39 is 0 Å². The Kier molecular flexibility index (Phi) is 2.37. The zero-order chi connectivity index (χ0) is 10.1. The minimum Gasteiger partial charge on any atom is -0.497 e. The molecule has 1 amide bonds. The summed E-state index contributed by atoms with van der Waals surface area (Å²) in [6, 6.07) is 5.57. The Morgan fingerprint density at radius 1 is 1.57 bits per heavy atom. The monoisotopic (exact) mass is 209 g/mol. The van der Waals surface area contributed by atoms with E-state index in [0.29, 0.717) is 12.4 Å². The van der Waals surface area contributed by atoms with Gasteiger partial charge in [0.1, 0.15) is 5.75 Å². The van der Waals surface area contributed by atoms with E-state index in [4.69, 9.17) is 4.74 Å². The number of fused-ring (bicyclic) bond motifs is 1. The number of ether oxygens (including phenoxy) is 1. The highest BCUT2D eigenvalue weighted by atomic mass is 32.1. The number of carbonyl (C=O) groups is 1. The lowest BCUT2D eigenvalue weighted by atomic mass is 10.1. The topological polar surface area (TPSA) is 29.5 Å². The summed E-state index contributed by atoms with van der Waals surface area (Å²) in [4.78, 5) is 13.4. The van der Waals surface area contributed by atoms with Crippen LogP contribution in [-0.4, -0.2) is 23.8 Å². The molecule has 1 aliphatic rings. The Hall–Kier alpha value is -1.16. The Labute approximate surface area is 88.1 Å². The summed E-state index contributed by atoms with van der Waals surface area (Å²) in [5, 5.41) is 0. The molecule has 0 bridgehead atoms. The molecule has 0 aromatic heterocycles. The van der Waals surface area contributed by atoms with E-state index in [1.165, 1.54) is 0 Å². The Morgan fingerprint density at radius 2 is 2.36 bits per heavy atom. The molecule has 0 aliphatic carbocycles. The van der Waals surface area contributed by atoms with Gasteiger partial charge in [-0.3, -0.25) is 4.79 Å². The second kappa shape index (κ2) is 3.53. The van der Waals surface area contributed by atoms with E-state index in [1.54, 1.807) is 18.1 Å². The van der Waals surface area contributed by atoms with Crippen molar-refractivity contribution in [3.05, 3.63) is 29.3 Å². The molecule has 3 nitrogen and oxygen atoms in total. The predicted molar refractivity (Wildman–Crippen MR) is 56.7 cm³/mol. The molecular weight excluding hydrogens is 198 g/mol. The molecule has 1 heterocycles. The van der Waals surface area contributed by atoms with Crippen LogP contribution in [-0.2, 0) is 6.54 Å². The van der Waals surface area contributed by atoms with E-state index >= 15 is 0 Å². The summed E-state index contributed by atoms with van der Waals surface area (Å²) in [7, 11) is 1.59. The molecule has 1 aliphatic heterocycles. The largest absolute Gasteiger partial charge is 0.497 e. The van der Waals surface area contributed by atoms with Crippen LogP contribution in [0.2, 0.25) is 0 Å². The molecule has 0 unspecified atom stereocenters. The molecule has 0 fully saturated rings. The van der Waals surface area contributed by atoms with Crippen LogP contribution in [0, 0.1) is 0 Å². The van der Waals surface area contributed by atoms with Gasteiger partial charge in [0.25, 0.3) is 5.91 Å². The smallest absolute Gasteiger partial charge is 0.255 e. The average molecular weight is 209 g/mol. The van der Waals surface area contributed by atoms with Gasteiger partial charge in [-0.1, -0.05) is 6.07 Å². The average Bonchev–Trinajstić information content (AvgIpc) is 2.55. The molecule has 0 radical (unpaired) electrons. The quantitative estimate of drug-likeness (QED) is 0.749. The minimum atomic E-state index is 0.0360. The molecule has 1 aromatic carbocycles. The van der Waals surface area contributed by atoms with Crippen LogP contribution in [0.15, 0.2) is 18.2 Å². The third-order valence-corrected chi connectivity index (χ3v) is 2.71. The number of hydrogen-bond donors (Lipinski definition) is 1. The first-order valence-electron chi connectivity index (χ1n) is 4.33. The molecule has 0 saturated heterocycles. The number of thiol groups is 1. The highest BCUT2D eigenvalue weighted by Crippen LogP contribution is 2.26. The van der Waals surface area contributed by atoms with E-state index in [-0.39, 0.29) is 5.91 Å². The minimum absolute atomic E-state index is 0.0360. The van der Waals surface area contributed by atoms with Crippen molar-refractivity contribution in [2.45, 2.75) is 6.54 Å². The second-order valence-electron chi connectivity index (χ2n) is 3.17. The normalized spacial score (nSPS) is 14.4. The Bertz CT molecular complexity index is 378. The van der Waals surface area contributed by atoms with Crippen LogP contribution < -0.4 is 4.74 Å². The zero-order valence-electron chi connectivity index (χ0n) is 7.86. The molecule has 14 heavy (non-hydrogen) atoms. The standard InChI is InChI=1S/C10H11NO2S/c1-13-8-3-2-7-5-11(6-14)10(12)9(7)4-8/h2-4,14H,5-6H2,1H3. The van der Waals surface area contributed by atoms with Crippen LogP contribution in [0.3, 0.4) is 0 Å². The van der Waals surface area contributed by atoms with Gasteiger partial charge in [-0.05, 0) is 17.7 Å². The first-order valence-corrected chi connectivity index (χ1v) is 4.96. The van der Waals surface area contributed by atoms with Crippen molar-refractivity contribution in [3.63, 3.8) is 0 Å². The van der Waals surface area contributed by atoms with Gasteiger partial charge in [-0.15, -0.1) is 0 Å². The summed E-state index contributed by atoms with van der Waals surface area (Å²) < 4.78 is 5.07. The van der Waals surface area contributed by atoms with E-state index in [0.717, 1.165) is 16.9 Å². The molecule has 4 heteroatoms. The van der Waals surface area contributed by atoms with Gasteiger partial charge < -0.3 is 9.64 Å².